The van der Waals surface area contributed by atoms with Gasteiger partial charge in [0.15, 0.2) is 0 Å². The molecular weight excluding hydrogens is 383 g/mol. The first kappa shape index (κ1) is 19.7. The molecule has 0 spiro atoms. The second kappa shape index (κ2) is 8.67. The lowest BCUT2D eigenvalue weighted by molar-refractivity contribution is -0.121. The van der Waals surface area contributed by atoms with Crippen molar-refractivity contribution in [3.8, 4) is 0 Å². The Morgan fingerprint density at radius 1 is 1.12 bits per heavy atom. The van der Waals surface area contributed by atoms with E-state index < -0.39 is 15.9 Å². The number of carbonyl (C=O) groups excluding carboxylic acids is 1. The standard InChI is InChI=1S/C17H18Cl2N2O3S/c1-2-21(25(23,24)15-6-4-3-5-7-15)12-17(22)20-11-13-8-9-14(18)10-16(13)19/h3-10H,2,11-12H2,1H3,(H,20,22). The maximum atomic E-state index is 12.6. The molecule has 5 nitrogen and oxygen atoms in total. The first-order chi connectivity index (χ1) is 11.8. The van der Waals surface area contributed by atoms with Crippen LogP contribution in [0.5, 0.6) is 0 Å². The molecule has 0 aromatic heterocycles. The summed E-state index contributed by atoms with van der Waals surface area (Å²) in [7, 11) is -3.71. The van der Waals surface area contributed by atoms with Crippen molar-refractivity contribution < 1.29 is 13.2 Å². The molecule has 1 N–H and O–H groups in total. The van der Waals surface area contributed by atoms with Crippen molar-refractivity contribution >= 4 is 39.1 Å². The lowest BCUT2D eigenvalue weighted by atomic mass is 10.2. The van der Waals surface area contributed by atoms with Crippen molar-refractivity contribution in [1.29, 1.82) is 0 Å². The predicted octanol–water partition coefficient (Wildman–Crippen LogP) is 3.32. The van der Waals surface area contributed by atoms with Crippen molar-refractivity contribution in [1.82, 2.24) is 9.62 Å². The van der Waals surface area contributed by atoms with Crippen molar-refractivity contribution in [3.63, 3.8) is 0 Å². The van der Waals surface area contributed by atoms with Gasteiger partial charge in [-0.15, -0.1) is 0 Å². The lowest BCUT2D eigenvalue weighted by Crippen LogP contribution is -2.40. The van der Waals surface area contributed by atoms with Crippen LogP contribution in [0.3, 0.4) is 0 Å². The van der Waals surface area contributed by atoms with Gasteiger partial charge in [-0.05, 0) is 29.8 Å². The average Bonchev–Trinajstić information content (AvgIpc) is 2.59. The summed E-state index contributed by atoms with van der Waals surface area (Å²) in [5.74, 6) is -0.410. The van der Waals surface area contributed by atoms with Gasteiger partial charge in [-0.1, -0.05) is 54.4 Å². The van der Waals surface area contributed by atoms with E-state index in [-0.39, 0.29) is 24.5 Å². The molecule has 8 heteroatoms. The third kappa shape index (κ3) is 5.19. The minimum Gasteiger partial charge on any atom is -0.351 e. The van der Waals surface area contributed by atoms with E-state index in [1.165, 1.54) is 12.1 Å². The van der Waals surface area contributed by atoms with E-state index >= 15 is 0 Å². The van der Waals surface area contributed by atoms with E-state index in [0.29, 0.717) is 15.6 Å². The molecule has 2 aromatic rings. The van der Waals surface area contributed by atoms with Crippen LogP contribution in [0, 0.1) is 0 Å². The first-order valence-corrected chi connectivity index (χ1v) is 9.80. The molecule has 0 heterocycles. The second-order valence-electron chi connectivity index (χ2n) is 5.26. The molecule has 0 unspecified atom stereocenters. The molecule has 134 valence electrons. The number of benzene rings is 2. The number of sulfonamides is 1. The maximum Gasteiger partial charge on any atom is 0.243 e. The maximum absolute atomic E-state index is 12.6. The highest BCUT2D eigenvalue weighted by atomic mass is 35.5. The highest BCUT2D eigenvalue weighted by molar-refractivity contribution is 7.89. The zero-order valence-electron chi connectivity index (χ0n) is 13.6. The van der Waals surface area contributed by atoms with Crippen molar-refractivity contribution in [2.24, 2.45) is 0 Å². The SMILES string of the molecule is CCN(CC(=O)NCc1ccc(Cl)cc1Cl)S(=O)(=O)c1ccccc1. The number of hydrogen-bond donors (Lipinski definition) is 1. The number of likely N-dealkylation sites (N-methyl/N-ethyl adjacent to an activating group) is 1. The number of carbonyl (C=O) groups is 1. The molecule has 0 aliphatic rings. The molecule has 25 heavy (non-hydrogen) atoms. The van der Waals surface area contributed by atoms with Gasteiger partial charge in [0.1, 0.15) is 0 Å². The van der Waals surface area contributed by atoms with Crippen molar-refractivity contribution in [3.05, 3.63) is 64.1 Å². The second-order valence-corrected chi connectivity index (χ2v) is 8.04. The highest BCUT2D eigenvalue weighted by Crippen LogP contribution is 2.20. The van der Waals surface area contributed by atoms with Crippen LogP contribution in [0.15, 0.2) is 53.4 Å². The molecule has 0 aliphatic carbocycles. The normalized spacial score (nSPS) is 11.5. The molecule has 0 bridgehead atoms. The van der Waals surface area contributed by atoms with Crippen LogP contribution in [0.2, 0.25) is 10.0 Å². The number of amides is 1. The number of hydrogen-bond acceptors (Lipinski definition) is 3. The van der Waals surface area contributed by atoms with Crippen LogP contribution in [-0.4, -0.2) is 31.7 Å². The summed E-state index contributed by atoms with van der Waals surface area (Å²) in [6.45, 7) is 1.80. The molecule has 2 rings (SSSR count). The van der Waals surface area contributed by atoms with E-state index in [1.807, 2.05) is 0 Å². The topological polar surface area (TPSA) is 66.5 Å². The van der Waals surface area contributed by atoms with Crippen LogP contribution in [-0.2, 0) is 21.4 Å². The molecule has 0 aliphatic heterocycles. The summed E-state index contributed by atoms with van der Waals surface area (Å²) in [5, 5.41) is 3.62. The monoisotopic (exact) mass is 400 g/mol. The fourth-order valence-electron chi connectivity index (χ4n) is 2.18. The van der Waals surface area contributed by atoms with Gasteiger partial charge in [0, 0.05) is 23.1 Å². The largest absolute Gasteiger partial charge is 0.351 e. The number of nitrogens with one attached hydrogen (secondary N) is 1. The van der Waals surface area contributed by atoms with Crippen LogP contribution >= 0.6 is 23.2 Å². The van der Waals surface area contributed by atoms with E-state index in [0.717, 1.165) is 4.31 Å². The van der Waals surface area contributed by atoms with Crippen LogP contribution in [0.1, 0.15) is 12.5 Å². The lowest BCUT2D eigenvalue weighted by Gasteiger charge is -2.20. The smallest absolute Gasteiger partial charge is 0.243 e. The third-order valence-electron chi connectivity index (χ3n) is 3.54. The quantitative estimate of drug-likeness (QED) is 0.774. The number of nitrogens with zero attached hydrogens (tertiary/aromatic N) is 1. The molecule has 0 saturated carbocycles. The highest BCUT2D eigenvalue weighted by Gasteiger charge is 2.24. The van der Waals surface area contributed by atoms with Gasteiger partial charge in [0.2, 0.25) is 15.9 Å². The summed E-state index contributed by atoms with van der Waals surface area (Å²) in [6.07, 6.45) is 0. The van der Waals surface area contributed by atoms with E-state index in [1.54, 1.807) is 43.3 Å². The fourth-order valence-corrected chi connectivity index (χ4v) is 4.08. The van der Waals surface area contributed by atoms with Gasteiger partial charge in [-0.25, -0.2) is 8.42 Å². The average molecular weight is 401 g/mol. The molecule has 0 atom stereocenters. The fraction of sp³-hybridized carbons (Fsp3) is 0.235. The van der Waals surface area contributed by atoms with Gasteiger partial charge >= 0.3 is 0 Å². The molecule has 2 aromatic carbocycles. The van der Waals surface area contributed by atoms with E-state index in [4.69, 9.17) is 23.2 Å². The molecule has 0 fully saturated rings. The summed E-state index contributed by atoms with van der Waals surface area (Å²) in [5.41, 5.74) is 0.702. The Bertz CT molecular complexity index is 842. The van der Waals surface area contributed by atoms with Crippen molar-refractivity contribution in [2.45, 2.75) is 18.4 Å². The van der Waals surface area contributed by atoms with Gasteiger partial charge in [0.05, 0.1) is 11.4 Å². The van der Waals surface area contributed by atoms with Gasteiger partial charge in [0.25, 0.3) is 0 Å². The predicted molar refractivity (Wildman–Crippen MR) is 99.2 cm³/mol. The van der Waals surface area contributed by atoms with Crippen LogP contribution < -0.4 is 5.32 Å². The van der Waals surface area contributed by atoms with Crippen LogP contribution in [0.25, 0.3) is 0 Å². The number of halogens is 2. The van der Waals surface area contributed by atoms with E-state index in [2.05, 4.69) is 5.32 Å². The Hall–Kier alpha value is -1.60. The molecule has 0 radical (unpaired) electrons. The van der Waals surface area contributed by atoms with Gasteiger partial charge in [-0.2, -0.15) is 4.31 Å². The zero-order chi connectivity index (χ0) is 18.4. The Kier molecular flexibility index (Phi) is 6.84. The molecule has 1 amide bonds. The van der Waals surface area contributed by atoms with Crippen LogP contribution in [0.4, 0.5) is 0 Å². The van der Waals surface area contributed by atoms with Crippen molar-refractivity contribution in [2.75, 3.05) is 13.1 Å². The third-order valence-corrected chi connectivity index (χ3v) is 6.07. The summed E-state index contributed by atoms with van der Waals surface area (Å²) in [6, 6.07) is 13.0. The minimum atomic E-state index is -3.71. The summed E-state index contributed by atoms with van der Waals surface area (Å²) in [4.78, 5) is 12.3. The minimum absolute atomic E-state index is 0.158. The molecular formula is C17H18Cl2N2O3S. The number of rotatable bonds is 7. The Morgan fingerprint density at radius 3 is 2.40 bits per heavy atom. The Morgan fingerprint density at radius 2 is 1.80 bits per heavy atom. The Labute approximate surface area is 157 Å². The molecule has 0 saturated heterocycles. The summed E-state index contributed by atoms with van der Waals surface area (Å²) >= 11 is 11.9. The first-order valence-electron chi connectivity index (χ1n) is 7.60. The van der Waals surface area contributed by atoms with Gasteiger partial charge in [-0.3, -0.25) is 4.79 Å². The zero-order valence-corrected chi connectivity index (χ0v) is 15.9. The summed E-state index contributed by atoms with van der Waals surface area (Å²) < 4.78 is 26.3. The Balaban J connectivity index is 2.02. The van der Waals surface area contributed by atoms with E-state index in [9.17, 15) is 13.2 Å². The van der Waals surface area contributed by atoms with Gasteiger partial charge < -0.3 is 5.32 Å².